The van der Waals surface area contributed by atoms with E-state index < -0.39 is 0 Å². The van der Waals surface area contributed by atoms with Gasteiger partial charge in [-0.2, -0.15) is 0 Å². The number of aryl methyl sites for hydroxylation is 1. The number of hydrogen-bond donors (Lipinski definition) is 1. The van der Waals surface area contributed by atoms with Gasteiger partial charge in [0.15, 0.2) is 0 Å². The highest BCUT2D eigenvalue weighted by atomic mass is 14.8. The summed E-state index contributed by atoms with van der Waals surface area (Å²) in [6, 6.07) is 8.94. The van der Waals surface area contributed by atoms with Crippen molar-refractivity contribution in [3.05, 3.63) is 35.4 Å². The number of rotatable bonds is 6. The van der Waals surface area contributed by atoms with Gasteiger partial charge >= 0.3 is 0 Å². The van der Waals surface area contributed by atoms with Gasteiger partial charge in [-0.1, -0.05) is 44.5 Å². The van der Waals surface area contributed by atoms with Crippen LogP contribution in [0, 0.1) is 0 Å². The van der Waals surface area contributed by atoms with Crippen LogP contribution in [0.3, 0.4) is 0 Å². The van der Waals surface area contributed by atoms with Gasteiger partial charge in [0.2, 0.25) is 0 Å². The second kappa shape index (κ2) is 6.61. The van der Waals surface area contributed by atoms with Crippen molar-refractivity contribution in [2.24, 2.45) is 0 Å². The third-order valence-electron chi connectivity index (χ3n) is 2.32. The Morgan fingerprint density at radius 1 is 1.00 bits per heavy atom. The lowest BCUT2D eigenvalue weighted by atomic mass is 10.1. The maximum atomic E-state index is 3.40. The summed E-state index contributed by atoms with van der Waals surface area (Å²) in [5, 5.41) is 3.40. The van der Waals surface area contributed by atoms with Crippen molar-refractivity contribution in [2.45, 2.75) is 39.7 Å². The molecule has 0 bridgehead atoms. The molecule has 1 heteroatoms. The zero-order valence-corrected chi connectivity index (χ0v) is 9.34. The van der Waals surface area contributed by atoms with Crippen molar-refractivity contribution < 1.29 is 1.43 Å². The molecule has 14 heavy (non-hydrogen) atoms. The molecule has 0 unspecified atom stereocenters. The van der Waals surface area contributed by atoms with E-state index in [0.29, 0.717) is 0 Å². The van der Waals surface area contributed by atoms with Gasteiger partial charge in [-0.15, -0.1) is 0 Å². The summed E-state index contributed by atoms with van der Waals surface area (Å²) >= 11 is 0. The largest absolute Gasteiger partial charge is 0.313 e. The van der Waals surface area contributed by atoms with Gasteiger partial charge in [0, 0.05) is 7.97 Å². The van der Waals surface area contributed by atoms with Crippen molar-refractivity contribution in [3.8, 4) is 0 Å². The van der Waals surface area contributed by atoms with Crippen molar-refractivity contribution in [1.29, 1.82) is 0 Å². The Balaban J connectivity index is 0.00000196. The molecule has 80 valence electrons. The molecule has 1 aromatic carbocycles. The summed E-state index contributed by atoms with van der Waals surface area (Å²) in [6.07, 6.45) is 3.63. The normalized spacial score (nSPS) is 10.4. The van der Waals surface area contributed by atoms with Crippen LogP contribution in [0.15, 0.2) is 24.3 Å². The molecule has 0 amide bonds. The first-order chi connectivity index (χ1) is 6.86. The van der Waals surface area contributed by atoms with Crippen LogP contribution in [0.2, 0.25) is 0 Å². The quantitative estimate of drug-likeness (QED) is 0.683. The third-order valence-corrected chi connectivity index (χ3v) is 2.32. The summed E-state index contributed by atoms with van der Waals surface area (Å²) in [6.45, 7) is 6.52. The van der Waals surface area contributed by atoms with Gasteiger partial charge in [0.05, 0.1) is 0 Å². The van der Waals surface area contributed by atoms with Gasteiger partial charge in [-0.25, -0.2) is 0 Å². The summed E-state index contributed by atoms with van der Waals surface area (Å²) in [4.78, 5) is 0. The lowest BCUT2D eigenvalue weighted by Gasteiger charge is -2.04. The first-order valence-electron chi connectivity index (χ1n) is 5.65. The molecule has 0 aromatic heterocycles. The zero-order chi connectivity index (χ0) is 10.2. The van der Waals surface area contributed by atoms with E-state index in [1.54, 1.807) is 0 Å². The minimum absolute atomic E-state index is 0. The fraction of sp³-hybridized carbons (Fsp3) is 0.538. The molecular formula is C13H23N. The van der Waals surface area contributed by atoms with Gasteiger partial charge in [-0.3, -0.25) is 0 Å². The van der Waals surface area contributed by atoms with Gasteiger partial charge in [0.25, 0.3) is 0 Å². The van der Waals surface area contributed by atoms with Crippen LogP contribution in [-0.4, -0.2) is 6.54 Å². The average Bonchev–Trinajstić information content (AvgIpc) is 2.21. The minimum atomic E-state index is 0. The minimum Gasteiger partial charge on any atom is -0.313 e. The molecule has 0 saturated carbocycles. The van der Waals surface area contributed by atoms with Crippen LogP contribution < -0.4 is 5.32 Å². The number of hydrogen-bond acceptors (Lipinski definition) is 1. The summed E-state index contributed by atoms with van der Waals surface area (Å²) in [5.41, 5.74) is 2.84. The molecule has 1 N–H and O–H groups in total. The fourth-order valence-corrected chi connectivity index (χ4v) is 1.52. The summed E-state index contributed by atoms with van der Waals surface area (Å²) in [5.74, 6) is 0. The third kappa shape index (κ3) is 3.93. The van der Waals surface area contributed by atoms with Gasteiger partial charge in [0.1, 0.15) is 0 Å². The zero-order valence-electron chi connectivity index (χ0n) is 9.34. The predicted octanol–water partition coefficient (Wildman–Crippen LogP) is 3.38. The van der Waals surface area contributed by atoms with Crippen molar-refractivity contribution >= 4 is 0 Å². The number of nitrogens with one attached hydrogen (secondary N) is 1. The Kier molecular flexibility index (Phi) is 5.31. The molecule has 0 aliphatic heterocycles. The van der Waals surface area contributed by atoms with E-state index in [9.17, 15) is 0 Å². The molecule has 0 aliphatic carbocycles. The first-order valence-corrected chi connectivity index (χ1v) is 5.65. The highest BCUT2D eigenvalue weighted by molar-refractivity contribution is 5.22. The van der Waals surface area contributed by atoms with Crippen molar-refractivity contribution in [2.75, 3.05) is 6.54 Å². The van der Waals surface area contributed by atoms with Crippen LogP contribution in [0.5, 0.6) is 0 Å². The maximum absolute atomic E-state index is 3.40. The lowest BCUT2D eigenvalue weighted by Crippen LogP contribution is -2.13. The molecule has 1 nitrogen and oxygen atoms in total. The predicted molar refractivity (Wildman–Crippen MR) is 64.5 cm³/mol. The van der Waals surface area contributed by atoms with E-state index in [0.717, 1.165) is 13.1 Å². The Morgan fingerprint density at radius 3 is 2.21 bits per heavy atom. The van der Waals surface area contributed by atoms with Crippen LogP contribution >= 0.6 is 0 Å². The maximum Gasteiger partial charge on any atom is 0.0205 e. The van der Waals surface area contributed by atoms with Crippen LogP contribution in [-0.2, 0) is 13.0 Å². The second-order valence-corrected chi connectivity index (χ2v) is 3.74. The molecule has 0 aliphatic rings. The Bertz CT molecular complexity index is 243. The van der Waals surface area contributed by atoms with Crippen molar-refractivity contribution in [3.63, 3.8) is 0 Å². The Labute approximate surface area is 89.0 Å². The lowest BCUT2D eigenvalue weighted by molar-refractivity contribution is 0.675. The van der Waals surface area contributed by atoms with E-state index in [1.807, 2.05) is 0 Å². The van der Waals surface area contributed by atoms with Crippen molar-refractivity contribution in [1.82, 2.24) is 5.32 Å². The second-order valence-electron chi connectivity index (χ2n) is 3.74. The van der Waals surface area contributed by atoms with E-state index in [4.69, 9.17) is 0 Å². The standard InChI is InChI=1S/C13H21N.H2/c1-3-5-12-6-8-13(9-7-12)11-14-10-4-2;/h6-9,14H,3-5,10-11H2,1-2H3;1H. The van der Waals surface area contributed by atoms with Crippen LogP contribution in [0.1, 0.15) is 39.2 Å². The highest BCUT2D eigenvalue weighted by Crippen LogP contribution is 2.06. The Hall–Kier alpha value is -0.820. The molecule has 1 rings (SSSR count). The summed E-state index contributed by atoms with van der Waals surface area (Å²) in [7, 11) is 0. The SMILES string of the molecule is CCCNCc1ccc(CCC)cc1.[HH]. The molecule has 0 heterocycles. The topological polar surface area (TPSA) is 12.0 Å². The molecular weight excluding hydrogens is 170 g/mol. The monoisotopic (exact) mass is 193 g/mol. The molecule has 0 fully saturated rings. The molecule has 0 saturated heterocycles. The molecule has 0 spiro atoms. The fourth-order valence-electron chi connectivity index (χ4n) is 1.52. The van der Waals surface area contributed by atoms with E-state index in [2.05, 4.69) is 43.4 Å². The van der Waals surface area contributed by atoms with Crippen LogP contribution in [0.25, 0.3) is 0 Å². The van der Waals surface area contributed by atoms with E-state index in [-0.39, 0.29) is 1.43 Å². The average molecular weight is 193 g/mol. The van der Waals surface area contributed by atoms with E-state index in [1.165, 1.54) is 30.4 Å². The number of benzene rings is 1. The highest BCUT2D eigenvalue weighted by Gasteiger charge is 1.93. The Morgan fingerprint density at radius 2 is 1.64 bits per heavy atom. The first kappa shape index (κ1) is 11.3. The summed E-state index contributed by atoms with van der Waals surface area (Å²) < 4.78 is 0. The van der Waals surface area contributed by atoms with Gasteiger partial charge < -0.3 is 5.32 Å². The smallest absolute Gasteiger partial charge is 0.0205 e. The van der Waals surface area contributed by atoms with Gasteiger partial charge in [-0.05, 0) is 30.5 Å². The molecule has 1 aromatic rings. The van der Waals surface area contributed by atoms with E-state index >= 15 is 0 Å². The van der Waals surface area contributed by atoms with Crippen LogP contribution in [0.4, 0.5) is 0 Å². The molecule has 0 atom stereocenters. The molecule has 0 radical (unpaired) electrons.